The number of ether oxygens (including phenoxy) is 6. The topological polar surface area (TPSA) is 140 Å². The lowest BCUT2D eigenvalue weighted by atomic mass is 10.1. The molecule has 0 bridgehead atoms. The van der Waals surface area contributed by atoms with Gasteiger partial charge in [-0.3, -0.25) is 9.59 Å². The molecule has 0 unspecified atom stereocenters. The van der Waals surface area contributed by atoms with Gasteiger partial charge in [-0.25, -0.2) is 4.79 Å². The standard InChI is InChI=1S/C32H40O11/c1-24-21-26-6-9-29(22-30(26)43-32(24)36)42-23-28(34)3-2-12-37-15-17-39-19-20-40-18-16-38-13-11-31(35)41-14-10-25-4-7-27(33)8-5-25/h4-9,21-22,33H,2-3,10-20,23H2,1H3. The van der Waals surface area contributed by atoms with Gasteiger partial charge in [-0.15, -0.1) is 0 Å². The highest BCUT2D eigenvalue weighted by Crippen LogP contribution is 2.20. The van der Waals surface area contributed by atoms with E-state index in [4.69, 9.17) is 32.8 Å². The van der Waals surface area contributed by atoms with Crippen LogP contribution in [0.2, 0.25) is 0 Å². The Bertz CT molecular complexity index is 1320. The van der Waals surface area contributed by atoms with Gasteiger partial charge in [0.25, 0.3) is 0 Å². The van der Waals surface area contributed by atoms with Gasteiger partial charge in [0.05, 0.1) is 59.3 Å². The lowest BCUT2D eigenvalue weighted by Gasteiger charge is -2.08. The van der Waals surface area contributed by atoms with Crippen LogP contribution in [0.3, 0.4) is 0 Å². The zero-order valence-corrected chi connectivity index (χ0v) is 24.5. The Morgan fingerprint density at radius 1 is 0.767 bits per heavy atom. The van der Waals surface area contributed by atoms with E-state index in [1.165, 1.54) is 0 Å². The van der Waals surface area contributed by atoms with E-state index in [9.17, 15) is 19.5 Å². The van der Waals surface area contributed by atoms with Gasteiger partial charge in [0.2, 0.25) is 0 Å². The van der Waals surface area contributed by atoms with Crippen LogP contribution in [0.5, 0.6) is 11.5 Å². The molecule has 0 saturated heterocycles. The average molecular weight is 601 g/mol. The molecule has 1 aromatic heterocycles. The summed E-state index contributed by atoms with van der Waals surface area (Å²) in [4.78, 5) is 35.5. The van der Waals surface area contributed by atoms with E-state index in [-0.39, 0.29) is 43.7 Å². The predicted molar refractivity (Wildman–Crippen MR) is 158 cm³/mol. The van der Waals surface area contributed by atoms with Crippen molar-refractivity contribution in [1.82, 2.24) is 0 Å². The summed E-state index contributed by atoms with van der Waals surface area (Å²) in [6, 6.07) is 13.7. The Hall–Kier alpha value is -3.77. The molecule has 234 valence electrons. The zero-order chi connectivity index (χ0) is 30.7. The zero-order valence-electron chi connectivity index (χ0n) is 24.5. The van der Waals surface area contributed by atoms with Crippen LogP contribution in [-0.2, 0) is 39.7 Å². The molecule has 0 saturated carbocycles. The molecule has 0 fully saturated rings. The number of carbonyl (C=O) groups excluding carboxylic acids is 2. The van der Waals surface area contributed by atoms with Gasteiger partial charge in [0.15, 0.2) is 5.78 Å². The summed E-state index contributed by atoms with van der Waals surface area (Å²) < 4.78 is 37.7. The molecule has 0 radical (unpaired) electrons. The van der Waals surface area contributed by atoms with Gasteiger partial charge in [0, 0.05) is 36.5 Å². The highest BCUT2D eigenvalue weighted by Gasteiger charge is 2.07. The fourth-order valence-electron chi connectivity index (χ4n) is 3.83. The van der Waals surface area contributed by atoms with Crippen molar-refractivity contribution in [2.45, 2.75) is 32.6 Å². The second-order valence-corrected chi connectivity index (χ2v) is 9.68. The summed E-state index contributed by atoms with van der Waals surface area (Å²) in [6.07, 6.45) is 1.67. The van der Waals surface area contributed by atoms with Gasteiger partial charge in [0.1, 0.15) is 23.7 Å². The number of aromatic hydroxyl groups is 1. The third-order valence-corrected chi connectivity index (χ3v) is 6.18. The average Bonchev–Trinajstić information content (AvgIpc) is 2.99. The lowest BCUT2D eigenvalue weighted by molar-refractivity contribution is -0.144. The Labute approximate surface area is 250 Å². The molecule has 0 aliphatic heterocycles. The van der Waals surface area contributed by atoms with E-state index < -0.39 is 5.63 Å². The number of phenols is 1. The molecular formula is C32H40O11. The van der Waals surface area contributed by atoms with Crippen molar-refractivity contribution in [1.29, 1.82) is 0 Å². The third kappa shape index (κ3) is 13.8. The fourth-order valence-corrected chi connectivity index (χ4v) is 3.83. The first kappa shape index (κ1) is 33.7. The molecule has 0 atom stereocenters. The minimum atomic E-state index is -0.394. The molecule has 0 aliphatic carbocycles. The van der Waals surface area contributed by atoms with Gasteiger partial charge in [-0.05, 0) is 49.2 Å². The minimum absolute atomic E-state index is 0.0478. The Kier molecular flexibility index (Phi) is 15.2. The van der Waals surface area contributed by atoms with Crippen molar-refractivity contribution in [3.8, 4) is 11.5 Å². The van der Waals surface area contributed by atoms with Crippen molar-refractivity contribution >= 4 is 22.7 Å². The van der Waals surface area contributed by atoms with Crippen molar-refractivity contribution in [3.05, 3.63) is 70.1 Å². The smallest absolute Gasteiger partial charge is 0.339 e. The molecule has 0 amide bonds. The van der Waals surface area contributed by atoms with Crippen LogP contribution in [0, 0.1) is 6.92 Å². The maximum atomic E-state index is 12.1. The molecule has 1 heterocycles. The molecule has 43 heavy (non-hydrogen) atoms. The summed E-state index contributed by atoms with van der Waals surface area (Å²) in [5.41, 5.74) is 1.54. The van der Waals surface area contributed by atoms with Crippen molar-refractivity contribution < 1.29 is 47.5 Å². The number of carbonyl (C=O) groups is 2. The number of hydrogen-bond donors (Lipinski definition) is 1. The number of benzene rings is 2. The number of rotatable bonds is 22. The molecular weight excluding hydrogens is 560 g/mol. The number of phenolic OH excluding ortho intramolecular Hbond substituents is 1. The minimum Gasteiger partial charge on any atom is -0.508 e. The summed E-state index contributed by atoms with van der Waals surface area (Å²) >= 11 is 0. The van der Waals surface area contributed by atoms with Crippen LogP contribution in [0.25, 0.3) is 11.0 Å². The van der Waals surface area contributed by atoms with E-state index in [1.807, 2.05) is 0 Å². The summed E-state index contributed by atoms with van der Waals surface area (Å²) in [7, 11) is 0. The third-order valence-electron chi connectivity index (χ3n) is 6.18. The van der Waals surface area contributed by atoms with Crippen LogP contribution < -0.4 is 10.4 Å². The molecule has 3 rings (SSSR count). The number of fused-ring (bicyclic) bond motifs is 1. The number of hydrogen-bond acceptors (Lipinski definition) is 11. The Morgan fingerprint density at radius 3 is 2.12 bits per heavy atom. The second kappa shape index (κ2) is 19.4. The molecule has 11 heteroatoms. The predicted octanol–water partition coefficient (Wildman–Crippen LogP) is 3.78. The lowest BCUT2D eigenvalue weighted by Crippen LogP contribution is -2.14. The van der Waals surface area contributed by atoms with E-state index >= 15 is 0 Å². The number of ketones is 1. The number of esters is 1. The first-order valence-corrected chi connectivity index (χ1v) is 14.3. The monoisotopic (exact) mass is 600 g/mol. The number of Topliss-reactive ketones (excluding diaryl/α,β-unsaturated/α-hetero) is 1. The summed E-state index contributed by atoms with van der Waals surface area (Å²) in [5, 5.41) is 10.1. The number of aryl methyl sites for hydroxylation is 1. The summed E-state index contributed by atoms with van der Waals surface area (Å²) in [5.74, 6) is 0.305. The maximum Gasteiger partial charge on any atom is 0.339 e. The van der Waals surface area contributed by atoms with Crippen LogP contribution in [0.1, 0.15) is 30.4 Å². The van der Waals surface area contributed by atoms with E-state index in [0.717, 1.165) is 10.9 Å². The molecule has 3 aromatic rings. The van der Waals surface area contributed by atoms with Crippen molar-refractivity contribution in [2.75, 3.05) is 66.1 Å². The largest absolute Gasteiger partial charge is 0.508 e. The quantitative estimate of drug-likeness (QED) is 0.102. The fraction of sp³-hybridized carbons (Fsp3) is 0.469. The summed E-state index contributed by atoms with van der Waals surface area (Å²) in [6.45, 7) is 5.05. The van der Waals surface area contributed by atoms with Crippen molar-refractivity contribution in [3.63, 3.8) is 0 Å². The van der Waals surface area contributed by atoms with E-state index in [1.54, 1.807) is 55.5 Å². The van der Waals surface area contributed by atoms with Crippen molar-refractivity contribution in [2.24, 2.45) is 0 Å². The van der Waals surface area contributed by atoms with Gasteiger partial charge >= 0.3 is 11.6 Å². The van der Waals surface area contributed by atoms with E-state index in [0.29, 0.717) is 82.4 Å². The first-order valence-electron chi connectivity index (χ1n) is 14.3. The van der Waals surface area contributed by atoms with Gasteiger partial charge in [-0.2, -0.15) is 0 Å². The molecule has 1 N–H and O–H groups in total. The Balaban J connectivity index is 1.06. The SMILES string of the molecule is Cc1cc2ccc(OCC(=O)CCCOCCOCCOCCOCCC(=O)OCCc3ccc(O)cc3)cc2oc1=O. The van der Waals surface area contributed by atoms with Crippen LogP contribution in [0.15, 0.2) is 57.7 Å². The van der Waals surface area contributed by atoms with Crippen LogP contribution in [0.4, 0.5) is 0 Å². The van der Waals surface area contributed by atoms with Gasteiger partial charge < -0.3 is 37.9 Å². The van der Waals surface area contributed by atoms with Gasteiger partial charge in [-0.1, -0.05) is 12.1 Å². The van der Waals surface area contributed by atoms with Crippen LogP contribution >= 0.6 is 0 Å². The molecule has 11 nitrogen and oxygen atoms in total. The maximum absolute atomic E-state index is 12.1. The first-order chi connectivity index (χ1) is 20.9. The molecule has 0 aliphatic rings. The normalized spacial score (nSPS) is 11.1. The highest BCUT2D eigenvalue weighted by molar-refractivity contribution is 5.81. The molecule has 0 spiro atoms. The van der Waals surface area contributed by atoms with Crippen LogP contribution in [-0.4, -0.2) is 82.9 Å². The van der Waals surface area contributed by atoms with E-state index in [2.05, 4.69) is 0 Å². The highest BCUT2D eigenvalue weighted by atomic mass is 16.6. The molecule has 2 aromatic carbocycles. The second-order valence-electron chi connectivity index (χ2n) is 9.68. The Morgan fingerprint density at radius 2 is 1.42 bits per heavy atom.